The Bertz CT molecular complexity index is 683. The van der Waals surface area contributed by atoms with Gasteiger partial charge in [0.25, 0.3) is 0 Å². The number of hydrogen-bond donors (Lipinski definition) is 3. The summed E-state index contributed by atoms with van der Waals surface area (Å²) in [6.07, 6.45) is 14.1. The third kappa shape index (κ3) is 5.11. The zero-order valence-electron chi connectivity index (χ0n) is 19.7. The predicted octanol–water partition coefficient (Wildman–Crippen LogP) is 5.70. The molecule has 3 nitrogen and oxygen atoms in total. The van der Waals surface area contributed by atoms with Gasteiger partial charge < -0.3 is 15.3 Å². The fourth-order valence-corrected chi connectivity index (χ4v) is 6.58. The number of aliphatic hydroxyl groups is 3. The Morgan fingerprint density at radius 3 is 2.60 bits per heavy atom. The van der Waals surface area contributed by atoms with Crippen molar-refractivity contribution < 1.29 is 15.3 Å². The van der Waals surface area contributed by atoms with E-state index in [1.54, 1.807) is 19.4 Å². The van der Waals surface area contributed by atoms with Crippen LogP contribution in [0.15, 0.2) is 35.5 Å². The highest BCUT2D eigenvalue weighted by atomic mass is 16.3. The molecule has 3 aliphatic rings. The Hall–Kier alpha value is -0.900. The molecule has 30 heavy (non-hydrogen) atoms. The van der Waals surface area contributed by atoms with E-state index in [0.717, 1.165) is 25.7 Å². The first kappa shape index (κ1) is 23.8. The zero-order chi connectivity index (χ0) is 22.1. The average Bonchev–Trinajstić information content (AvgIpc) is 3.03. The molecule has 0 aliphatic heterocycles. The van der Waals surface area contributed by atoms with Gasteiger partial charge in [-0.3, -0.25) is 0 Å². The molecule has 0 bridgehead atoms. The maximum Gasteiger partial charge on any atom is 0.0849 e. The second kappa shape index (κ2) is 9.30. The summed E-state index contributed by atoms with van der Waals surface area (Å²) in [6.45, 7) is 12.5. The minimum atomic E-state index is -1.02. The van der Waals surface area contributed by atoms with Gasteiger partial charge in [0.05, 0.1) is 17.8 Å². The second-order valence-electron chi connectivity index (χ2n) is 11.3. The van der Waals surface area contributed by atoms with Crippen LogP contribution in [0.3, 0.4) is 0 Å². The maximum absolute atomic E-state index is 10.3. The molecule has 3 aliphatic carbocycles. The van der Waals surface area contributed by atoms with Crippen LogP contribution in [-0.2, 0) is 0 Å². The van der Waals surface area contributed by atoms with Gasteiger partial charge in [0.2, 0.25) is 0 Å². The van der Waals surface area contributed by atoms with Crippen LogP contribution >= 0.6 is 0 Å². The molecule has 0 spiro atoms. The minimum Gasteiger partial charge on any atom is -0.393 e. The first-order valence-corrected chi connectivity index (χ1v) is 12.2. The van der Waals surface area contributed by atoms with Crippen molar-refractivity contribution in [2.75, 3.05) is 0 Å². The highest BCUT2D eigenvalue weighted by Crippen LogP contribution is 2.60. The van der Waals surface area contributed by atoms with Crippen LogP contribution < -0.4 is 0 Å². The summed E-state index contributed by atoms with van der Waals surface area (Å²) >= 11 is 0. The molecule has 3 heteroatoms. The molecule has 3 rings (SSSR count). The van der Waals surface area contributed by atoms with Crippen LogP contribution in [0.25, 0.3) is 0 Å². The van der Waals surface area contributed by atoms with Crippen LogP contribution in [0.1, 0.15) is 91.9 Å². The molecular weight excluding hydrogens is 372 g/mol. The van der Waals surface area contributed by atoms with Crippen molar-refractivity contribution in [1.29, 1.82) is 0 Å². The maximum atomic E-state index is 10.3. The molecule has 6 atom stereocenters. The van der Waals surface area contributed by atoms with Gasteiger partial charge in [-0.25, -0.2) is 0 Å². The summed E-state index contributed by atoms with van der Waals surface area (Å²) in [4.78, 5) is 0. The summed E-state index contributed by atoms with van der Waals surface area (Å²) in [5.41, 5.74) is 3.34. The summed E-state index contributed by atoms with van der Waals surface area (Å²) in [5.74, 6) is 1.89. The van der Waals surface area contributed by atoms with Gasteiger partial charge in [0.15, 0.2) is 0 Å². The molecule has 170 valence electrons. The highest BCUT2D eigenvalue weighted by molar-refractivity contribution is 5.36. The normalized spacial score (nSPS) is 37.4. The molecule has 3 N–H and O–H groups in total. The van der Waals surface area contributed by atoms with Crippen LogP contribution in [-0.4, -0.2) is 33.1 Å². The lowest BCUT2D eigenvalue weighted by molar-refractivity contribution is -0.0554. The van der Waals surface area contributed by atoms with Crippen LogP contribution in [0.5, 0.6) is 0 Å². The lowest BCUT2D eigenvalue weighted by Crippen LogP contribution is -2.38. The van der Waals surface area contributed by atoms with Crippen molar-refractivity contribution in [3.63, 3.8) is 0 Å². The predicted molar refractivity (Wildman–Crippen MR) is 124 cm³/mol. The molecule has 3 fully saturated rings. The zero-order valence-corrected chi connectivity index (χ0v) is 19.7. The lowest BCUT2D eigenvalue weighted by Gasteiger charge is -2.44. The first-order chi connectivity index (χ1) is 14.0. The summed E-state index contributed by atoms with van der Waals surface area (Å²) in [6, 6.07) is 0. The van der Waals surface area contributed by atoms with Crippen molar-refractivity contribution in [2.24, 2.45) is 23.2 Å². The van der Waals surface area contributed by atoms with E-state index in [1.807, 2.05) is 0 Å². The van der Waals surface area contributed by atoms with Gasteiger partial charge in [-0.15, -0.1) is 0 Å². The van der Waals surface area contributed by atoms with E-state index < -0.39 is 11.7 Å². The number of hydrogen-bond acceptors (Lipinski definition) is 3. The number of fused-ring (bicyclic) bond motifs is 1. The Labute approximate surface area is 184 Å². The summed E-state index contributed by atoms with van der Waals surface area (Å²) in [7, 11) is 0. The Morgan fingerprint density at radius 2 is 1.90 bits per heavy atom. The molecule has 0 radical (unpaired) electrons. The van der Waals surface area contributed by atoms with Gasteiger partial charge in [-0.2, -0.15) is 0 Å². The molecule has 6 unspecified atom stereocenters. The van der Waals surface area contributed by atoms with Crippen LogP contribution in [0, 0.1) is 23.2 Å². The van der Waals surface area contributed by atoms with Gasteiger partial charge >= 0.3 is 0 Å². The molecule has 0 aromatic heterocycles. The quantitative estimate of drug-likeness (QED) is 0.520. The molecular formula is C27H44O3. The van der Waals surface area contributed by atoms with Crippen molar-refractivity contribution in [2.45, 2.75) is 110 Å². The monoisotopic (exact) mass is 416 g/mol. The van der Waals surface area contributed by atoms with E-state index >= 15 is 0 Å². The molecule has 0 heterocycles. The van der Waals surface area contributed by atoms with E-state index in [0.29, 0.717) is 29.6 Å². The van der Waals surface area contributed by atoms with Gasteiger partial charge in [0, 0.05) is 0 Å². The third-order valence-electron chi connectivity index (χ3n) is 8.62. The topological polar surface area (TPSA) is 60.7 Å². The Morgan fingerprint density at radius 1 is 1.17 bits per heavy atom. The number of rotatable bonds is 6. The van der Waals surface area contributed by atoms with E-state index in [2.05, 4.69) is 32.6 Å². The standard InChI is InChI=1S/C27H44O3/c1-18-8-12-22(28)17-21(18)11-10-20-7-6-16-27(5)23(13-14-24(20)27)19(2)9-15-25(29)26(3,4)30/h10-11,19,22-25,28-30H,1,6-9,12-17H2,2-5H3/b20-10-,21-11+. The number of allylic oxidation sites excluding steroid dienone is 4. The van der Waals surface area contributed by atoms with E-state index in [-0.39, 0.29) is 6.10 Å². The highest BCUT2D eigenvalue weighted by Gasteiger charge is 2.50. The van der Waals surface area contributed by atoms with Gasteiger partial charge in [0.1, 0.15) is 0 Å². The fraction of sp³-hybridized carbons (Fsp3) is 0.778. The third-order valence-corrected chi connectivity index (χ3v) is 8.62. The smallest absolute Gasteiger partial charge is 0.0849 e. The lowest BCUT2D eigenvalue weighted by atomic mass is 9.60. The molecule has 0 aromatic carbocycles. The van der Waals surface area contributed by atoms with Crippen LogP contribution in [0.2, 0.25) is 0 Å². The van der Waals surface area contributed by atoms with E-state index in [4.69, 9.17) is 0 Å². The van der Waals surface area contributed by atoms with E-state index in [9.17, 15) is 15.3 Å². The average molecular weight is 417 g/mol. The van der Waals surface area contributed by atoms with Crippen molar-refractivity contribution in [1.82, 2.24) is 0 Å². The summed E-state index contributed by atoms with van der Waals surface area (Å²) in [5, 5.41) is 30.3. The van der Waals surface area contributed by atoms with Gasteiger partial charge in [-0.1, -0.05) is 43.7 Å². The van der Waals surface area contributed by atoms with E-state index in [1.165, 1.54) is 43.3 Å². The largest absolute Gasteiger partial charge is 0.393 e. The number of aliphatic hydroxyl groups excluding tert-OH is 2. The fourth-order valence-electron chi connectivity index (χ4n) is 6.58. The minimum absolute atomic E-state index is 0.215. The Balaban J connectivity index is 1.69. The van der Waals surface area contributed by atoms with Crippen molar-refractivity contribution >= 4 is 0 Å². The molecule has 0 saturated heterocycles. The summed E-state index contributed by atoms with van der Waals surface area (Å²) < 4.78 is 0. The first-order valence-electron chi connectivity index (χ1n) is 12.2. The van der Waals surface area contributed by atoms with Crippen molar-refractivity contribution in [3.8, 4) is 0 Å². The Kier molecular flexibility index (Phi) is 7.37. The van der Waals surface area contributed by atoms with Gasteiger partial charge in [-0.05, 0) is 107 Å². The molecule has 0 aromatic rings. The molecule has 3 saturated carbocycles. The van der Waals surface area contributed by atoms with Crippen LogP contribution in [0.4, 0.5) is 0 Å². The van der Waals surface area contributed by atoms with Crippen molar-refractivity contribution in [3.05, 3.63) is 35.5 Å². The molecule has 0 amide bonds. The SMILES string of the molecule is C=C1CCC(O)C/C1=C\C=C1\CCCC2(C)C1CCC2C(C)CCC(O)C(C)(C)O. The second-order valence-corrected chi connectivity index (χ2v) is 11.3.